The van der Waals surface area contributed by atoms with E-state index in [2.05, 4.69) is 4.98 Å². The summed E-state index contributed by atoms with van der Waals surface area (Å²) in [6, 6.07) is 1.20. The fraction of sp³-hybridized carbons (Fsp3) is 0.533. The van der Waals surface area contributed by atoms with E-state index >= 15 is 0 Å². The number of carbonyl (C=O) groups is 2. The van der Waals surface area contributed by atoms with Crippen LogP contribution < -0.4 is 0 Å². The first kappa shape index (κ1) is 18.5. The van der Waals surface area contributed by atoms with Crippen LogP contribution in [0, 0.1) is 17.0 Å². The van der Waals surface area contributed by atoms with Gasteiger partial charge in [0, 0.05) is 11.6 Å². The van der Waals surface area contributed by atoms with E-state index in [4.69, 9.17) is 9.47 Å². The standard InChI is InChI=1S/C15H20N2O6/c1-6-22-13(18)12(14(19)23-15(3,4)5)10-8-16-11(17(20)21)7-9(10)2/h7-8,12H,6H2,1-5H3/t12-/m1/s1. The third-order valence-corrected chi connectivity index (χ3v) is 2.80. The van der Waals surface area contributed by atoms with E-state index in [1.165, 1.54) is 6.07 Å². The number of esters is 2. The number of aromatic nitrogens is 1. The van der Waals surface area contributed by atoms with Gasteiger partial charge in [0.25, 0.3) is 0 Å². The normalized spacial score (nSPS) is 12.4. The second kappa shape index (κ2) is 7.17. The summed E-state index contributed by atoms with van der Waals surface area (Å²) in [5.74, 6) is -3.25. The van der Waals surface area contributed by atoms with Gasteiger partial charge in [-0.2, -0.15) is 0 Å². The molecule has 0 unspecified atom stereocenters. The van der Waals surface area contributed by atoms with Gasteiger partial charge in [-0.15, -0.1) is 0 Å². The molecule has 0 aliphatic carbocycles. The predicted octanol–water partition coefficient (Wildman–Crippen LogP) is 2.29. The number of pyridine rings is 1. The summed E-state index contributed by atoms with van der Waals surface area (Å²) in [5, 5.41) is 10.8. The summed E-state index contributed by atoms with van der Waals surface area (Å²) in [6.07, 6.45) is 1.14. The summed E-state index contributed by atoms with van der Waals surface area (Å²) in [5.41, 5.74) is -0.178. The minimum Gasteiger partial charge on any atom is -0.465 e. The molecule has 0 spiro atoms. The number of ether oxygens (including phenoxy) is 2. The van der Waals surface area contributed by atoms with Crippen LogP contribution in [-0.4, -0.2) is 34.1 Å². The highest BCUT2D eigenvalue weighted by atomic mass is 16.6. The molecule has 1 atom stereocenters. The molecule has 1 aromatic heterocycles. The lowest BCUT2D eigenvalue weighted by Crippen LogP contribution is -2.33. The summed E-state index contributed by atoms with van der Waals surface area (Å²) in [4.78, 5) is 38.3. The molecule has 1 heterocycles. The lowest BCUT2D eigenvalue weighted by Gasteiger charge is -2.23. The maximum absolute atomic E-state index is 12.4. The van der Waals surface area contributed by atoms with E-state index in [0.29, 0.717) is 5.56 Å². The summed E-state index contributed by atoms with van der Waals surface area (Å²) in [6.45, 7) is 8.29. The number of nitro groups is 1. The largest absolute Gasteiger partial charge is 0.465 e. The van der Waals surface area contributed by atoms with Crippen LogP contribution >= 0.6 is 0 Å². The minimum absolute atomic E-state index is 0.0948. The van der Waals surface area contributed by atoms with Crippen LogP contribution in [0.25, 0.3) is 0 Å². The van der Waals surface area contributed by atoms with Crippen molar-refractivity contribution in [1.29, 1.82) is 0 Å². The Labute approximate surface area is 134 Å². The van der Waals surface area contributed by atoms with Crippen LogP contribution in [0.4, 0.5) is 5.82 Å². The van der Waals surface area contributed by atoms with Crippen molar-refractivity contribution < 1.29 is 24.0 Å². The van der Waals surface area contributed by atoms with Crippen molar-refractivity contribution in [2.24, 2.45) is 0 Å². The van der Waals surface area contributed by atoms with E-state index in [0.717, 1.165) is 6.20 Å². The lowest BCUT2D eigenvalue weighted by atomic mass is 9.96. The van der Waals surface area contributed by atoms with E-state index in [1.54, 1.807) is 34.6 Å². The molecule has 0 bridgehead atoms. The molecule has 0 N–H and O–H groups in total. The highest BCUT2D eigenvalue weighted by Gasteiger charge is 2.36. The van der Waals surface area contributed by atoms with Crippen molar-refractivity contribution in [3.63, 3.8) is 0 Å². The number of hydrogen-bond acceptors (Lipinski definition) is 7. The first-order valence-electron chi connectivity index (χ1n) is 7.07. The number of aryl methyl sites for hydroxylation is 1. The molecule has 0 aliphatic heterocycles. The maximum Gasteiger partial charge on any atom is 0.363 e. The average Bonchev–Trinajstić information content (AvgIpc) is 2.38. The zero-order chi connectivity index (χ0) is 17.8. The maximum atomic E-state index is 12.4. The molecule has 1 aromatic rings. The Balaban J connectivity index is 3.27. The molecule has 8 heteroatoms. The Bertz CT molecular complexity index is 621. The number of hydrogen-bond donors (Lipinski definition) is 0. The van der Waals surface area contributed by atoms with Crippen LogP contribution in [-0.2, 0) is 19.1 Å². The Hall–Kier alpha value is -2.51. The molecule has 0 saturated heterocycles. The summed E-state index contributed by atoms with van der Waals surface area (Å²) in [7, 11) is 0. The third-order valence-electron chi connectivity index (χ3n) is 2.80. The monoisotopic (exact) mass is 324 g/mol. The third kappa shape index (κ3) is 5.01. The molecule has 1 rings (SSSR count). The minimum atomic E-state index is -1.33. The van der Waals surface area contributed by atoms with Gasteiger partial charge in [-0.3, -0.25) is 9.59 Å². The van der Waals surface area contributed by atoms with Gasteiger partial charge >= 0.3 is 17.8 Å². The van der Waals surface area contributed by atoms with Crippen LogP contribution in [0.15, 0.2) is 12.3 Å². The Kier molecular flexibility index (Phi) is 5.78. The highest BCUT2D eigenvalue weighted by Crippen LogP contribution is 2.26. The first-order valence-corrected chi connectivity index (χ1v) is 7.07. The second-order valence-corrected chi connectivity index (χ2v) is 5.87. The van der Waals surface area contributed by atoms with Gasteiger partial charge in [0.05, 0.1) is 6.61 Å². The van der Waals surface area contributed by atoms with Gasteiger partial charge in [0.2, 0.25) is 0 Å². The van der Waals surface area contributed by atoms with E-state index in [9.17, 15) is 19.7 Å². The van der Waals surface area contributed by atoms with Crippen molar-refractivity contribution in [2.45, 2.75) is 46.1 Å². The van der Waals surface area contributed by atoms with Crippen molar-refractivity contribution in [3.8, 4) is 0 Å². The van der Waals surface area contributed by atoms with Gasteiger partial charge in [-0.1, -0.05) is 0 Å². The molecule has 126 valence electrons. The molecule has 0 aliphatic rings. The van der Waals surface area contributed by atoms with E-state index in [1.807, 2.05) is 0 Å². The van der Waals surface area contributed by atoms with Crippen molar-refractivity contribution in [3.05, 3.63) is 33.5 Å². The zero-order valence-corrected chi connectivity index (χ0v) is 13.8. The molecular weight excluding hydrogens is 304 g/mol. The molecule has 23 heavy (non-hydrogen) atoms. The fourth-order valence-corrected chi connectivity index (χ4v) is 1.89. The molecule has 0 saturated carbocycles. The summed E-state index contributed by atoms with van der Waals surface area (Å²) < 4.78 is 10.2. The smallest absolute Gasteiger partial charge is 0.363 e. The van der Waals surface area contributed by atoms with Crippen molar-refractivity contribution in [2.75, 3.05) is 6.61 Å². The quantitative estimate of drug-likeness (QED) is 0.354. The highest BCUT2D eigenvalue weighted by molar-refractivity contribution is 6.01. The Morgan fingerprint density at radius 3 is 2.39 bits per heavy atom. The van der Waals surface area contributed by atoms with Gasteiger partial charge in [-0.25, -0.2) is 0 Å². The topological polar surface area (TPSA) is 109 Å². The number of rotatable bonds is 5. The molecule has 0 aromatic carbocycles. The molecule has 0 fully saturated rings. The Morgan fingerprint density at radius 1 is 1.35 bits per heavy atom. The van der Waals surface area contributed by atoms with Crippen molar-refractivity contribution >= 4 is 17.8 Å². The van der Waals surface area contributed by atoms with E-state index < -0.39 is 28.4 Å². The SMILES string of the molecule is CCOC(=O)[C@H](C(=O)OC(C)(C)C)c1cnc([N+](=O)[O-])cc1C. The zero-order valence-electron chi connectivity index (χ0n) is 13.8. The predicted molar refractivity (Wildman–Crippen MR) is 80.8 cm³/mol. The number of nitrogens with zero attached hydrogens (tertiary/aromatic N) is 2. The van der Waals surface area contributed by atoms with Crippen LogP contribution in [0.1, 0.15) is 44.7 Å². The summed E-state index contributed by atoms with van der Waals surface area (Å²) >= 11 is 0. The Morgan fingerprint density at radius 2 is 1.96 bits per heavy atom. The van der Waals surface area contributed by atoms with Gasteiger partial charge in [0.1, 0.15) is 11.8 Å². The fourth-order valence-electron chi connectivity index (χ4n) is 1.89. The molecule has 8 nitrogen and oxygen atoms in total. The van der Waals surface area contributed by atoms with Crippen LogP contribution in [0.5, 0.6) is 0 Å². The van der Waals surface area contributed by atoms with Crippen LogP contribution in [0.2, 0.25) is 0 Å². The van der Waals surface area contributed by atoms with Gasteiger partial charge in [0.15, 0.2) is 5.92 Å². The van der Waals surface area contributed by atoms with Crippen LogP contribution in [0.3, 0.4) is 0 Å². The molecule has 0 amide bonds. The lowest BCUT2D eigenvalue weighted by molar-refractivity contribution is -0.389. The van der Waals surface area contributed by atoms with Gasteiger partial charge < -0.3 is 19.6 Å². The van der Waals surface area contributed by atoms with E-state index in [-0.39, 0.29) is 18.0 Å². The van der Waals surface area contributed by atoms with Crippen molar-refractivity contribution in [1.82, 2.24) is 4.98 Å². The first-order chi connectivity index (χ1) is 10.6. The average molecular weight is 324 g/mol. The van der Waals surface area contributed by atoms with Gasteiger partial charge in [-0.05, 0) is 50.1 Å². The molecular formula is C15H20N2O6. The number of carbonyl (C=O) groups excluding carboxylic acids is 2. The second-order valence-electron chi connectivity index (χ2n) is 5.87. The molecule has 0 radical (unpaired) electrons.